The van der Waals surface area contributed by atoms with Crippen LogP contribution < -0.4 is 5.32 Å². The van der Waals surface area contributed by atoms with Gasteiger partial charge in [-0.05, 0) is 37.3 Å². The number of carbonyl (C=O) groups is 2. The molecule has 1 aliphatic carbocycles. The van der Waals surface area contributed by atoms with Crippen LogP contribution in [-0.4, -0.2) is 64.4 Å². The van der Waals surface area contributed by atoms with Crippen LogP contribution in [0.2, 0.25) is 0 Å². The summed E-state index contributed by atoms with van der Waals surface area (Å²) >= 11 is 0. The quantitative estimate of drug-likeness (QED) is 0.781. The normalized spacial score (nSPS) is 26.8. The number of alkyl halides is 3. The maximum absolute atomic E-state index is 12.4. The molecule has 0 spiro atoms. The van der Waals surface area contributed by atoms with E-state index in [1.54, 1.807) is 6.20 Å². The lowest BCUT2D eigenvalue weighted by atomic mass is 9.91. The Morgan fingerprint density at radius 3 is 2.59 bits per heavy atom. The molecule has 3 unspecified atom stereocenters. The van der Waals surface area contributed by atoms with Crippen LogP contribution in [0.1, 0.15) is 31.2 Å². The third kappa shape index (κ3) is 5.89. The van der Waals surface area contributed by atoms with Gasteiger partial charge in [-0.2, -0.15) is 13.2 Å². The van der Waals surface area contributed by atoms with E-state index in [9.17, 15) is 18.0 Å². The van der Waals surface area contributed by atoms with Gasteiger partial charge in [0, 0.05) is 38.1 Å². The van der Waals surface area contributed by atoms with Crippen molar-refractivity contribution < 1.29 is 32.6 Å². The highest BCUT2D eigenvalue weighted by molar-refractivity contribution is 5.80. The fourth-order valence-corrected chi connectivity index (χ4v) is 3.75. The van der Waals surface area contributed by atoms with E-state index in [1.165, 1.54) is 12.0 Å². The van der Waals surface area contributed by atoms with Gasteiger partial charge in [0.25, 0.3) is 0 Å². The van der Waals surface area contributed by atoms with Crippen molar-refractivity contribution >= 4 is 11.9 Å². The van der Waals surface area contributed by atoms with E-state index >= 15 is 0 Å². The molecule has 3 atom stereocenters. The third-order valence-electron chi connectivity index (χ3n) is 5.39. The van der Waals surface area contributed by atoms with E-state index in [4.69, 9.17) is 14.6 Å². The molecule has 3 aliphatic rings. The number of carboxylic acid groups (broad SMARTS) is 1. The van der Waals surface area contributed by atoms with Crippen molar-refractivity contribution in [3.8, 4) is 0 Å². The third-order valence-corrected chi connectivity index (χ3v) is 5.39. The number of hydrogen-bond donors (Lipinski definition) is 2. The lowest BCUT2D eigenvalue weighted by molar-refractivity contribution is -0.192. The van der Waals surface area contributed by atoms with Gasteiger partial charge in [-0.15, -0.1) is 0 Å². The number of morpholine rings is 1. The second-order valence-electron chi connectivity index (χ2n) is 7.63. The largest absolute Gasteiger partial charge is 0.490 e. The average molecular weight is 415 g/mol. The molecule has 3 heterocycles. The summed E-state index contributed by atoms with van der Waals surface area (Å²) in [6, 6.07) is 4.49. The predicted molar refractivity (Wildman–Crippen MR) is 95.8 cm³/mol. The Labute approximate surface area is 166 Å². The number of nitrogens with one attached hydrogen (secondary N) is 1. The van der Waals surface area contributed by atoms with E-state index in [0.717, 1.165) is 38.9 Å². The number of rotatable bonds is 4. The Bertz CT molecular complexity index is 712. The van der Waals surface area contributed by atoms with E-state index < -0.39 is 12.1 Å². The molecule has 2 aliphatic heterocycles. The number of ether oxygens (including phenoxy) is 1. The van der Waals surface area contributed by atoms with Gasteiger partial charge in [0.2, 0.25) is 5.91 Å². The minimum absolute atomic E-state index is 0.0319. The van der Waals surface area contributed by atoms with Gasteiger partial charge in [-0.1, -0.05) is 6.07 Å². The lowest BCUT2D eigenvalue weighted by Gasteiger charge is -2.33. The lowest BCUT2D eigenvalue weighted by Crippen LogP contribution is -2.47. The van der Waals surface area contributed by atoms with E-state index in [-0.39, 0.29) is 24.0 Å². The maximum atomic E-state index is 12.4. The number of pyridine rings is 1. The van der Waals surface area contributed by atoms with Crippen LogP contribution in [0.5, 0.6) is 0 Å². The Morgan fingerprint density at radius 1 is 1.31 bits per heavy atom. The number of carboxylic acids is 1. The molecule has 1 aromatic rings. The number of likely N-dealkylation sites (tertiary alicyclic amines) is 1. The fraction of sp³-hybridized carbons (Fsp3) is 0.632. The Hall–Kier alpha value is -2.20. The van der Waals surface area contributed by atoms with Crippen molar-refractivity contribution in [1.82, 2.24) is 15.2 Å². The van der Waals surface area contributed by atoms with Crippen LogP contribution in [0.15, 0.2) is 24.5 Å². The summed E-state index contributed by atoms with van der Waals surface area (Å²) < 4.78 is 37.8. The monoisotopic (exact) mass is 415 g/mol. The highest BCUT2D eigenvalue weighted by Crippen LogP contribution is 2.33. The Balaban J connectivity index is 0.000000298. The van der Waals surface area contributed by atoms with Crippen LogP contribution in [-0.2, 0) is 20.9 Å². The van der Waals surface area contributed by atoms with Crippen molar-refractivity contribution in [2.45, 2.75) is 56.7 Å². The van der Waals surface area contributed by atoms with Crippen LogP contribution in [0.3, 0.4) is 0 Å². The number of amides is 1. The summed E-state index contributed by atoms with van der Waals surface area (Å²) in [6.07, 6.45) is 3.28. The topological polar surface area (TPSA) is 91.8 Å². The zero-order valence-corrected chi connectivity index (χ0v) is 15.8. The second kappa shape index (κ2) is 9.08. The van der Waals surface area contributed by atoms with Crippen LogP contribution in [0.4, 0.5) is 13.2 Å². The Morgan fingerprint density at radius 2 is 2.03 bits per heavy atom. The van der Waals surface area contributed by atoms with Gasteiger partial charge >= 0.3 is 12.1 Å². The van der Waals surface area contributed by atoms with E-state index in [2.05, 4.69) is 21.3 Å². The molecule has 1 amide bonds. The number of hydrogen-bond acceptors (Lipinski definition) is 5. The SMILES string of the molecule is O=C(NC1CCC1)C1CC2CN(Cc3cccnc3)CC1O2.O=C(O)C(F)(F)F. The first-order chi connectivity index (χ1) is 13.7. The predicted octanol–water partition coefficient (Wildman–Crippen LogP) is 1.97. The van der Waals surface area contributed by atoms with Crippen molar-refractivity contribution in [2.75, 3.05) is 13.1 Å². The van der Waals surface area contributed by atoms with Gasteiger partial charge in [0.05, 0.1) is 18.1 Å². The fourth-order valence-electron chi connectivity index (χ4n) is 3.75. The molecular weight excluding hydrogens is 391 g/mol. The summed E-state index contributed by atoms with van der Waals surface area (Å²) in [4.78, 5) is 27.9. The van der Waals surface area contributed by atoms with Crippen LogP contribution in [0, 0.1) is 5.92 Å². The highest BCUT2D eigenvalue weighted by Gasteiger charge is 2.45. The highest BCUT2D eigenvalue weighted by atomic mass is 19.4. The molecule has 29 heavy (non-hydrogen) atoms. The zero-order valence-electron chi connectivity index (χ0n) is 15.8. The molecule has 2 saturated heterocycles. The molecular formula is C19H24F3N3O4. The van der Waals surface area contributed by atoms with Gasteiger partial charge in [0.1, 0.15) is 0 Å². The summed E-state index contributed by atoms with van der Waals surface area (Å²) in [6.45, 7) is 2.65. The van der Waals surface area contributed by atoms with Gasteiger partial charge in [-0.3, -0.25) is 14.7 Å². The minimum Gasteiger partial charge on any atom is -0.475 e. The molecule has 1 aromatic heterocycles. The molecule has 3 fully saturated rings. The number of aliphatic carboxylic acids is 1. The van der Waals surface area contributed by atoms with Crippen molar-refractivity contribution in [3.63, 3.8) is 0 Å². The van der Waals surface area contributed by atoms with Gasteiger partial charge < -0.3 is 15.2 Å². The van der Waals surface area contributed by atoms with Crippen molar-refractivity contribution in [3.05, 3.63) is 30.1 Å². The first-order valence-corrected chi connectivity index (χ1v) is 9.59. The molecule has 10 heteroatoms. The average Bonchev–Trinajstić information content (AvgIpc) is 2.93. The van der Waals surface area contributed by atoms with E-state index in [1.807, 2.05) is 12.3 Å². The second-order valence-corrected chi connectivity index (χ2v) is 7.63. The minimum atomic E-state index is -5.08. The first kappa shape index (κ1) is 21.5. The number of fused-ring (bicyclic) bond motifs is 2. The van der Waals surface area contributed by atoms with Crippen LogP contribution in [0.25, 0.3) is 0 Å². The summed E-state index contributed by atoms with van der Waals surface area (Å²) in [7, 11) is 0. The standard InChI is InChI=1S/C17H23N3O2.C2HF3O2/c21-17(19-13-4-1-5-13)15-7-14-10-20(11-16(15)22-14)9-12-3-2-6-18-8-12;3-2(4,5)1(6)7/h2-3,6,8,13-16H,1,4-5,7,9-11H2,(H,19,21);(H,6,7). The molecule has 7 nitrogen and oxygen atoms in total. The zero-order chi connectivity index (χ0) is 21.0. The van der Waals surface area contributed by atoms with Crippen LogP contribution >= 0.6 is 0 Å². The number of carbonyl (C=O) groups excluding carboxylic acids is 1. The summed E-state index contributed by atoms with van der Waals surface area (Å²) in [5.41, 5.74) is 1.22. The van der Waals surface area contributed by atoms with Crippen molar-refractivity contribution in [2.24, 2.45) is 5.92 Å². The molecule has 160 valence electrons. The molecule has 4 rings (SSSR count). The molecule has 2 bridgehead atoms. The van der Waals surface area contributed by atoms with Gasteiger partial charge in [0.15, 0.2) is 0 Å². The summed E-state index contributed by atoms with van der Waals surface area (Å²) in [5, 5.41) is 10.3. The van der Waals surface area contributed by atoms with Gasteiger partial charge in [-0.25, -0.2) is 4.79 Å². The number of halogens is 3. The summed E-state index contributed by atoms with van der Waals surface area (Å²) in [5.74, 6) is -2.52. The molecule has 0 aromatic carbocycles. The molecule has 2 N–H and O–H groups in total. The molecule has 0 radical (unpaired) electrons. The first-order valence-electron chi connectivity index (χ1n) is 9.59. The molecule has 1 saturated carbocycles. The Kier molecular flexibility index (Phi) is 6.74. The van der Waals surface area contributed by atoms with Crippen molar-refractivity contribution in [1.29, 1.82) is 0 Å². The smallest absolute Gasteiger partial charge is 0.475 e. The number of aromatic nitrogens is 1. The maximum Gasteiger partial charge on any atom is 0.490 e. The number of nitrogens with zero attached hydrogens (tertiary/aromatic N) is 2. The van der Waals surface area contributed by atoms with E-state index in [0.29, 0.717) is 6.04 Å².